The predicted molar refractivity (Wildman–Crippen MR) is 109 cm³/mol. The van der Waals surface area contributed by atoms with E-state index < -0.39 is 10.0 Å². The number of anilines is 1. The van der Waals surface area contributed by atoms with Crippen LogP contribution in [0.25, 0.3) is 0 Å². The molecule has 2 aromatic rings. The summed E-state index contributed by atoms with van der Waals surface area (Å²) in [7, 11) is -0.608. The third-order valence-electron chi connectivity index (χ3n) is 4.04. The number of carbonyl (C=O) groups excluding carboxylic acids is 1. The van der Waals surface area contributed by atoms with Crippen molar-refractivity contribution >= 4 is 33.4 Å². The van der Waals surface area contributed by atoms with Crippen LogP contribution in [0, 0.1) is 6.92 Å². The number of benzene rings is 1. The van der Waals surface area contributed by atoms with E-state index in [1.165, 1.54) is 31.9 Å². The zero-order valence-corrected chi connectivity index (χ0v) is 17.9. The molecule has 0 aliphatic heterocycles. The zero-order valence-electron chi connectivity index (χ0n) is 16.3. The van der Waals surface area contributed by atoms with Gasteiger partial charge in [-0.15, -0.1) is 0 Å². The number of hydrogen-bond donors (Lipinski definition) is 1. The third-order valence-corrected chi connectivity index (χ3v) is 6.97. The number of rotatable bonds is 8. The Morgan fingerprint density at radius 1 is 1.37 bits per heavy atom. The highest BCUT2D eigenvalue weighted by molar-refractivity contribution is 8.00. The molecular weight excluding hydrogens is 384 g/mol. The average molecular weight is 411 g/mol. The van der Waals surface area contributed by atoms with Crippen molar-refractivity contribution in [3.8, 4) is 0 Å². The van der Waals surface area contributed by atoms with Crippen LogP contribution in [0.1, 0.15) is 25.8 Å². The van der Waals surface area contributed by atoms with Crippen LogP contribution < -0.4 is 5.32 Å². The van der Waals surface area contributed by atoms with Gasteiger partial charge in [-0.25, -0.2) is 17.7 Å². The lowest BCUT2D eigenvalue weighted by molar-refractivity contribution is -0.115. The Morgan fingerprint density at radius 3 is 2.70 bits per heavy atom. The molecule has 1 unspecified atom stereocenters. The summed E-state index contributed by atoms with van der Waals surface area (Å²) in [6.07, 6.45) is 4.61. The van der Waals surface area contributed by atoms with Crippen molar-refractivity contribution in [2.45, 2.75) is 49.0 Å². The van der Waals surface area contributed by atoms with Gasteiger partial charge >= 0.3 is 0 Å². The molecule has 9 heteroatoms. The first kappa shape index (κ1) is 21.5. The van der Waals surface area contributed by atoms with E-state index in [0.29, 0.717) is 5.69 Å². The van der Waals surface area contributed by atoms with Crippen molar-refractivity contribution in [3.05, 3.63) is 36.2 Å². The molecule has 0 fully saturated rings. The van der Waals surface area contributed by atoms with Crippen molar-refractivity contribution < 1.29 is 13.2 Å². The molecule has 0 spiro atoms. The highest BCUT2D eigenvalue weighted by Gasteiger charge is 2.21. The van der Waals surface area contributed by atoms with Gasteiger partial charge in [0.1, 0.15) is 0 Å². The van der Waals surface area contributed by atoms with E-state index >= 15 is 0 Å². The smallest absolute Gasteiger partial charge is 0.242 e. The van der Waals surface area contributed by atoms with Crippen molar-refractivity contribution in [3.63, 3.8) is 0 Å². The van der Waals surface area contributed by atoms with Gasteiger partial charge in [-0.3, -0.25) is 4.79 Å². The summed E-state index contributed by atoms with van der Waals surface area (Å²) in [6.45, 7) is 6.57. The lowest BCUT2D eigenvalue weighted by atomic mass is 10.2. The molecule has 1 N–H and O–H groups in total. The van der Waals surface area contributed by atoms with Gasteiger partial charge in [0, 0.05) is 38.7 Å². The van der Waals surface area contributed by atoms with Crippen molar-refractivity contribution in [1.82, 2.24) is 13.9 Å². The molecule has 0 bridgehead atoms. The Labute approximate surface area is 165 Å². The molecule has 0 saturated carbocycles. The maximum atomic E-state index is 12.6. The lowest BCUT2D eigenvalue weighted by Crippen LogP contribution is -2.25. The Balaban J connectivity index is 2.16. The molecule has 148 valence electrons. The molecule has 1 atom stereocenters. The van der Waals surface area contributed by atoms with E-state index in [9.17, 15) is 13.2 Å². The van der Waals surface area contributed by atoms with Gasteiger partial charge in [-0.1, -0.05) is 24.8 Å². The molecule has 0 saturated heterocycles. The zero-order chi connectivity index (χ0) is 20.2. The van der Waals surface area contributed by atoms with Gasteiger partial charge in [-0.2, -0.15) is 0 Å². The van der Waals surface area contributed by atoms with E-state index in [-0.39, 0.29) is 16.1 Å². The van der Waals surface area contributed by atoms with E-state index in [4.69, 9.17) is 0 Å². The molecule has 1 heterocycles. The number of imidazole rings is 1. The summed E-state index contributed by atoms with van der Waals surface area (Å²) in [6, 6.07) is 4.73. The highest BCUT2D eigenvalue weighted by Crippen LogP contribution is 2.25. The first-order chi connectivity index (χ1) is 12.7. The second-order valence-corrected chi connectivity index (χ2v) is 9.88. The topological polar surface area (TPSA) is 84.3 Å². The minimum Gasteiger partial charge on any atom is -0.326 e. The van der Waals surface area contributed by atoms with Crippen LogP contribution in [0.3, 0.4) is 0 Å². The lowest BCUT2D eigenvalue weighted by Gasteiger charge is -2.16. The van der Waals surface area contributed by atoms with Gasteiger partial charge in [0.05, 0.1) is 10.1 Å². The Kier molecular flexibility index (Phi) is 7.07. The van der Waals surface area contributed by atoms with Gasteiger partial charge in [0.2, 0.25) is 15.9 Å². The highest BCUT2D eigenvalue weighted by atomic mass is 32.2. The van der Waals surface area contributed by atoms with Gasteiger partial charge < -0.3 is 9.88 Å². The first-order valence-corrected chi connectivity index (χ1v) is 11.0. The summed E-state index contributed by atoms with van der Waals surface area (Å²) in [5, 5.41) is 3.26. The number of nitrogens with zero attached hydrogens (tertiary/aromatic N) is 3. The largest absolute Gasteiger partial charge is 0.326 e. The number of thioether (sulfide) groups is 1. The monoisotopic (exact) mass is 410 g/mol. The molecule has 2 rings (SSSR count). The molecule has 1 aromatic carbocycles. The van der Waals surface area contributed by atoms with Crippen LogP contribution in [-0.4, -0.2) is 47.5 Å². The Bertz CT molecular complexity index is 907. The minimum atomic E-state index is -3.56. The predicted octanol–water partition coefficient (Wildman–Crippen LogP) is 2.97. The van der Waals surface area contributed by atoms with E-state index in [1.807, 2.05) is 17.7 Å². The van der Waals surface area contributed by atoms with Crippen LogP contribution >= 0.6 is 11.8 Å². The minimum absolute atomic E-state index is 0.146. The second-order valence-electron chi connectivity index (χ2n) is 6.42. The number of sulfonamides is 1. The number of nitrogens with one attached hydrogen (secondary N) is 1. The normalized spacial score (nSPS) is 13.0. The maximum Gasteiger partial charge on any atom is 0.242 e. The van der Waals surface area contributed by atoms with Crippen molar-refractivity contribution in [1.29, 1.82) is 0 Å². The summed E-state index contributed by atoms with van der Waals surface area (Å²) < 4.78 is 27.8. The fourth-order valence-corrected chi connectivity index (χ4v) is 4.20. The SMILES string of the molecule is CCCn1ccnc1SC(C)C(=O)Nc1cc(S(=O)(=O)N(C)C)ccc1C. The van der Waals surface area contributed by atoms with Crippen LogP contribution in [0.2, 0.25) is 0 Å². The molecule has 7 nitrogen and oxygen atoms in total. The van der Waals surface area contributed by atoms with Crippen LogP contribution in [-0.2, 0) is 21.4 Å². The van der Waals surface area contributed by atoms with Gasteiger partial charge in [0.25, 0.3) is 0 Å². The van der Waals surface area contributed by atoms with E-state index in [0.717, 1.165) is 28.0 Å². The summed E-state index contributed by atoms with van der Waals surface area (Å²) in [4.78, 5) is 17.1. The van der Waals surface area contributed by atoms with E-state index in [1.54, 1.807) is 25.3 Å². The molecule has 0 aliphatic carbocycles. The second kappa shape index (κ2) is 8.90. The summed E-state index contributed by atoms with van der Waals surface area (Å²) in [5.41, 5.74) is 1.29. The number of amides is 1. The summed E-state index contributed by atoms with van der Waals surface area (Å²) >= 11 is 1.38. The third kappa shape index (κ3) is 5.12. The summed E-state index contributed by atoms with van der Waals surface area (Å²) in [5.74, 6) is -0.200. The Hall–Kier alpha value is -1.84. The molecule has 1 amide bonds. The molecule has 0 radical (unpaired) electrons. The van der Waals surface area contributed by atoms with E-state index in [2.05, 4.69) is 17.2 Å². The quantitative estimate of drug-likeness (QED) is 0.677. The molecule has 0 aliphatic rings. The van der Waals surface area contributed by atoms with Crippen LogP contribution in [0.4, 0.5) is 5.69 Å². The number of aryl methyl sites for hydroxylation is 2. The van der Waals surface area contributed by atoms with Crippen molar-refractivity contribution in [2.24, 2.45) is 0 Å². The Morgan fingerprint density at radius 2 is 2.07 bits per heavy atom. The standard InChI is InChI=1S/C18H26N4O3S2/c1-6-10-22-11-9-19-18(22)26-14(3)17(23)20-16-12-15(8-7-13(16)2)27(24,25)21(4)5/h7-9,11-12,14H,6,10H2,1-5H3,(H,20,23). The fraction of sp³-hybridized carbons (Fsp3) is 0.444. The number of aromatic nitrogens is 2. The molecule has 1 aromatic heterocycles. The van der Waals surface area contributed by atoms with Gasteiger partial charge in [0.15, 0.2) is 5.16 Å². The number of hydrogen-bond acceptors (Lipinski definition) is 5. The van der Waals surface area contributed by atoms with Crippen LogP contribution in [0.5, 0.6) is 0 Å². The molecular formula is C18H26N4O3S2. The van der Waals surface area contributed by atoms with Crippen molar-refractivity contribution in [2.75, 3.05) is 19.4 Å². The maximum absolute atomic E-state index is 12.6. The first-order valence-electron chi connectivity index (χ1n) is 8.68. The average Bonchev–Trinajstić information content (AvgIpc) is 3.03. The van der Waals surface area contributed by atoms with Gasteiger partial charge in [-0.05, 0) is 38.0 Å². The van der Waals surface area contributed by atoms with Crippen LogP contribution in [0.15, 0.2) is 40.6 Å². The fourth-order valence-electron chi connectivity index (χ4n) is 2.38. The number of carbonyl (C=O) groups is 1. The molecule has 27 heavy (non-hydrogen) atoms.